The van der Waals surface area contributed by atoms with E-state index in [1.807, 2.05) is 31.3 Å². The Bertz CT molecular complexity index is 2180. The molecule has 1 N–H and O–H groups in total. The highest BCUT2D eigenvalue weighted by molar-refractivity contribution is 5.87. The fourth-order valence-electron chi connectivity index (χ4n) is 6.89. The predicted molar refractivity (Wildman–Crippen MR) is 222 cm³/mol. The van der Waals surface area contributed by atoms with Crippen LogP contribution in [0.5, 0.6) is 0 Å². The van der Waals surface area contributed by atoms with Crippen LogP contribution in [0.4, 0.5) is 0 Å². The van der Waals surface area contributed by atoms with E-state index in [9.17, 15) is 0 Å². The average Bonchev–Trinajstić information content (AvgIpc) is 3.57. The first kappa shape index (κ1) is 34.9. The molecular formula is C50H47N. The molecule has 252 valence electrons. The molecule has 0 fully saturated rings. The van der Waals surface area contributed by atoms with E-state index in [2.05, 4.69) is 172 Å². The summed E-state index contributed by atoms with van der Waals surface area (Å²) >= 11 is 0. The van der Waals surface area contributed by atoms with Gasteiger partial charge in [-0.2, -0.15) is 0 Å². The summed E-state index contributed by atoms with van der Waals surface area (Å²) in [6.07, 6.45) is 11.0. The van der Waals surface area contributed by atoms with Crippen LogP contribution in [0.25, 0.3) is 44.7 Å². The minimum Gasteiger partial charge on any atom is -0.388 e. The molecule has 0 aromatic heterocycles. The van der Waals surface area contributed by atoms with E-state index in [1.54, 1.807) is 0 Å². The summed E-state index contributed by atoms with van der Waals surface area (Å²) in [7, 11) is 1.97. The number of rotatable bonds is 10. The predicted octanol–water partition coefficient (Wildman–Crippen LogP) is 12.7. The molecule has 0 bridgehead atoms. The quantitative estimate of drug-likeness (QED) is 0.144. The minimum atomic E-state index is 0.949. The van der Waals surface area contributed by atoms with E-state index in [-0.39, 0.29) is 0 Å². The molecule has 0 amide bonds. The summed E-state index contributed by atoms with van der Waals surface area (Å²) in [6, 6.07) is 50.2. The first-order valence-corrected chi connectivity index (χ1v) is 17.9. The van der Waals surface area contributed by atoms with Gasteiger partial charge in [0.2, 0.25) is 0 Å². The minimum absolute atomic E-state index is 0.949. The molecule has 0 aliphatic heterocycles. The molecule has 6 aromatic rings. The summed E-state index contributed by atoms with van der Waals surface area (Å²) < 4.78 is 0. The molecule has 0 saturated carbocycles. The highest BCUT2D eigenvalue weighted by Crippen LogP contribution is 2.42. The van der Waals surface area contributed by atoms with Gasteiger partial charge in [0.1, 0.15) is 0 Å². The molecule has 0 saturated heterocycles. The zero-order chi connectivity index (χ0) is 35.6. The number of nitrogens with one attached hydrogen (secondary N) is 1. The van der Waals surface area contributed by atoms with Gasteiger partial charge < -0.3 is 5.32 Å². The normalized spacial score (nSPS) is 11.9. The van der Waals surface area contributed by atoms with Gasteiger partial charge >= 0.3 is 0 Å². The second-order valence-electron chi connectivity index (χ2n) is 13.0. The lowest BCUT2D eigenvalue weighted by molar-refractivity contribution is 1.10. The smallest absolute Gasteiger partial charge is 0.0374 e. The van der Waals surface area contributed by atoms with Crippen molar-refractivity contribution in [1.82, 2.24) is 5.32 Å². The number of fused-ring (bicyclic) bond motifs is 3. The number of benzene rings is 6. The van der Waals surface area contributed by atoms with E-state index < -0.39 is 0 Å². The highest BCUT2D eigenvalue weighted by Gasteiger charge is 2.21. The van der Waals surface area contributed by atoms with Crippen LogP contribution in [0.1, 0.15) is 45.9 Å². The van der Waals surface area contributed by atoms with Gasteiger partial charge in [0.25, 0.3) is 0 Å². The van der Waals surface area contributed by atoms with Gasteiger partial charge in [0, 0.05) is 12.7 Å². The summed E-state index contributed by atoms with van der Waals surface area (Å²) in [5.41, 5.74) is 19.3. The Balaban J connectivity index is 0.000000211. The molecule has 0 unspecified atom stereocenters. The van der Waals surface area contributed by atoms with Gasteiger partial charge in [-0.25, -0.2) is 0 Å². The molecule has 1 aliphatic rings. The topological polar surface area (TPSA) is 12.0 Å². The van der Waals surface area contributed by atoms with Crippen molar-refractivity contribution in [2.45, 2.75) is 33.1 Å². The first-order chi connectivity index (χ1) is 25.0. The Morgan fingerprint density at radius 2 is 1.37 bits per heavy atom. The Kier molecular flexibility index (Phi) is 11.4. The van der Waals surface area contributed by atoms with Crippen molar-refractivity contribution in [2.75, 3.05) is 7.05 Å². The maximum absolute atomic E-state index is 4.04. The maximum Gasteiger partial charge on any atom is 0.0374 e. The van der Waals surface area contributed by atoms with Crippen LogP contribution in [0.2, 0.25) is 0 Å². The number of aryl methyl sites for hydroxylation is 2. The monoisotopic (exact) mass is 661 g/mol. The second-order valence-corrected chi connectivity index (χ2v) is 13.0. The van der Waals surface area contributed by atoms with Gasteiger partial charge in [-0.1, -0.05) is 165 Å². The van der Waals surface area contributed by atoms with E-state index in [4.69, 9.17) is 0 Å². The molecule has 1 heteroatoms. The second kappa shape index (κ2) is 16.7. The van der Waals surface area contributed by atoms with Crippen LogP contribution in [0, 0.1) is 6.92 Å². The third-order valence-electron chi connectivity index (χ3n) is 9.62. The third-order valence-corrected chi connectivity index (χ3v) is 9.62. The van der Waals surface area contributed by atoms with E-state index in [0.29, 0.717) is 0 Å². The molecule has 1 nitrogen and oxygen atoms in total. The number of hydrogen-bond donors (Lipinski definition) is 1. The molecule has 0 atom stereocenters. The summed E-state index contributed by atoms with van der Waals surface area (Å²) in [4.78, 5) is 0. The van der Waals surface area contributed by atoms with Gasteiger partial charge in [-0.15, -0.1) is 0 Å². The molecule has 51 heavy (non-hydrogen) atoms. The van der Waals surface area contributed by atoms with Crippen molar-refractivity contribution in [2.24, 2.45) is 0 Å². The zero-order valence-corrected chi connectivity index (χ0v) is 30.1. The van der Waals surface area contributed by atoms with Crippen LogP contribution in [-0.2, 0) is 19.3 Å². The SMILES string of the molecule is C=C/C=C(\C=C)c1cc(-c2ccccc2)cc(-c2ccc3c(c2)-c2c(CC)cccc2C3)c1.CN/C(=C\Cc1ccccc1)c1ccc(C)cc1. The summed E-state index contributed by atoms with van der Waals surface area (Å²) in [6.45, 7) is 12.3. The number of allylic oxidation sites excluding steroid dienone is 5. The highest BCUT2D eigenvalue weighted by atomic mass is 14.8. The molecule has 6 aromatic carbocycles. The molecule has 1 aliphatic carbocycles. The fourth-order valence-corrected chi connectivity index (χ4v) is 6.89. The zero-order valence-electron chi connectivity index (χ0n) is 30.1. The van der Waals surface area contributed by atoms with E-state index in [0.717, 1.165) is 30.4 Å². The Hall–Kier alpha value is -5.92. The van der Waals surface area contributed by atoms with Crippen LogP contribution < -0.4 is 5.32 Å². The molecule has 7 rings (SSSR count). The van der Waals surface area contributed by atoms with Crippen molar-refractivity contribution in [3.05, 3.63) is 216 Å². The lowest BCUT2D eigenvalue weighted by atomic mass is 9.91. The average molecular weight is 662 g/mol. The number of hydrogen-bond acceptors (Lipinski definition) is 1. The molecule has 0 spiro atoms. The van der Waals surface area contributed by atoms with E-state index >= 15 is 0 Å². The van der Waals surface area contributed by atoms with Crippen LogP contribution in [-0.4, -0.2) is 7.05 Å². The van der Waals surface area contributed by atoms with Crippen molar-refractivity contribution < 1.29 is 0 Å². The largest absolute Gasteiger partial charge is 0.388 e. The Labute approximate surface area is 305 Å². The summed E-state index contributed by atoms with van der Waals surface area (Å²) in [5.74, 6) is 0. The van der Waals surface area contributed by atoms with Gasteiger partial charge in [-0.05, 0) is 123 Å². The van der Waals surface area contributed by atoms with Crippen molar-refractivity contribution in [1.29, 1.82) is 0 Å². The molecule has 0 radical (unpaired) electrons. The van der Waals surface area contributed by atoms with Gasteiger partial charge in [0.15, 0.2) is 0 Å². The fraction of sp³-hybridized carbons (Fsp3) is 0.120. The standard InChI is InChI=1S/C33H28.C17H19N/c1-4-11-23(5-2)29-19-30(25-12-8-7-9-13-25)21-31(20-29)26-16-17-27-18-28-15-10-14-24(6-3)33(28)32(27)22-26;1-14-8-11-16(12-9-14)17(18-2)13-10-15-6-4-3-5-7-15/h4-5,7-17,19-22H,1-2,6,18H2,3H3;3-9,11-13,18H,10H2,1-2H3/b23-11+;17-13-. The molecule has 0 heterocycles. The van der Waals surface area contributed by atoms with E-state index in [1.165, 1.54) is 72.5 Å². The van der Waals surface area contributed by atoms with Crippen LogP contribution in [0.3, 0.4) is 0 Å². The maximum atomic E-state index is 4.04. The third kappa shape index (κ3) is 8.28. The van der Waals surface area contributed by atoms with Gasteiger partial charge in [-0.3, -0.25) is 0 Å². The lowest BCUT2D eigenvalue weighted by Gasteiger charge is -2.13. The van der Waals surface area contributed by atoms with Crippen molar-refractivity contribution in [3.8, 4) is 33.4 Å². The first-order valence-electron chi connectivity index (χ1n) is 17.9. The van der Waals surface area contributed by atoms with Gasteiger partial charge in [0.05, 0.1) is 0 Å². The summed E-state index contributed by atoms with van der Waals surface area (Å²) in [5, 5.41) is 3.27. The van der Waals surface area contributed by atoms with Crippen LogP contribution >= 0.6 is 0 Å². The molecular weight excluding hydrogens is 615 g/mol. The Morgan fingerprint density at radius 3 is 2.04 bits per heavy atom. The lowest BCUT2D eigenvalue weighted by Crippen LogP contribution is -2.05. The van der Waals surface area contributed by atoms with Crippen LogP contribution in [0.15, 0.2) is 177 Å². The van der Waals surface area contributed by atoms with Crippen molar-refractivity contribution >= 4 is 11.3 Å². The Morgan fingerprint density at radius 1 is 0.667 bits per heavy atom. The van der Waals surface area contributed by atoms with Crippen molar-refractivity contribution in [3.63, 3.8) is 0 Å².